The van der Waals surface area contributed by atoms with Gasteiger partial charge in [0.2, 0.25) is 0 Å². The van der Waals surface area contributed by atoms with E-state index in [0.717, 1.165) is 30.5 Å². The number of likely N-dealkylation sites (N-methyl/N-ethyl adjacent to an activating group) is 1. The number of carboxylic acid groups (broad SMARTS) is 1. The molecule has 4 heterocycles. The fourth-order valence-corrected chi connectivity index (χ4v) is 6.97. The number of piperazine rings is 1. The van der Waals surface area contributed by atoms with Crippen molar-refractivity contribution < 1.29 is 14.3 Å². The van der Waals surface area contributed by atoms with Gasteiger partial charge in [-0.05, 0) is 58.0 Å². The van der Waals surface area contributed by atoms with E-state index in [4.69, 9.17) is 11.6 Å². The number of aromatic amines is 1. The van der Waals surface area contributed by atoms with Gasteiger partial charge in [-0.2, -0.15) is 10.4 Å². The van der Waals surface area contributed by atoms with Gasteiger partial charge in [0.25, 0.3) is 5.56 Å². The molecule has 0 saturated carbocycles. The Hall–Kier alpha value is -4.14. The quantitative estimate of drug-likeness (QED) is 0.350. The van der Waals surface area contributed by atoms with E-state index in [9.17, 15) is 20.0 Å². The number of nitrogens with zero attached hydrogens (tertiary/aromatic N) is 6. The molecule has 42 heavy (non-hydrogen) atoms. The van der Waals surface area contributed by atoms with Crippen LogP contribution in [-0.2, 0) is 6.54 Å². The highest BCUT2D eigenvalue weighted by Gasteiger charge is 2.33. The maximum absolute atomic E-state index is 17.2. The summed E-state index contributed by atoms with van der Waals surface area (Å²) in [5, 5.41) is 28.1. The Balaban J connectivity index is 1.66. The van der Waals surface area contributed by atoms with E-state index in [-0.39, 0.29) is 59.6 Å². The molecule has 2 aromatic carbocycles. The maximum atomic E-state index is 17.2. The SMILES string of the molecule is Cc1ccc2[nH]ncc2c1-c1c(Cl)cc2c(N3CCN(C(=O)O)[C@H](C)C3)c(C#N)c(=O)n(CC3CCCN3C)c2c1F. The second-order valence-corrected chi connectivity index (χ2v) is 11.7. The molecule has 2 aliphatic rings. The number of nitriles is 1. The van der Waals surface area contributed by atoms with Gasteiger partial charge in [0.1, 0.15) is 11.6 Å². The molecular formula is C30H31ClFN7O3. The number of likely N-dealkylation sites (tertiary alicyclic amines) is 1. The van der Waals surface area contributed by atoms with E-state index in [2.05, 4.69) is 21.2 Å². The minimum absolute atomic E-state index is 0.00000318. The lowest BCUT2D eigenvalue weighted by Gasteiger charge is -2.40. The lowest BCUT2D eigenvalue weighted by Crippen LogP contribution is -2.54. The van der Waals surface area contributed by atoms with Crippen molar-refractivity contribution in [3.63, 3.8) is 0 Å². The Morgan fingerprint density at radius 3 is 2.71 bits per heavy atom. The molecule has 2 aliphatic heterocycles. The summed E-state index contributed by atoms with van der Waals surface area (Å²) in [4.78, 5) is 31.1. The number of hydrogen-bond acceptors (Lipinski definition) is 6. The Kier molecular flexibility index (Phi) is 7.07. The summed E-state index contributed by atoms with van der Waals surface area (Å²) in [7, 11) is 1.98. The van der Waals surface area contributed by atoms with Crippen LogP contribution in [0, 0.1) is 24.1 Å². The van der Waals surface area contributed by atoms with Crippen LogP contribution in [0.2, 0.25) is 5.02 Å². The molecule has 12 heteroatoms. The van der Waals surface area contributed by atoms with Crippen LogP contribution in [0.1, 0.15) is 30.9 Å². The van der Waals surface area contributed by atoms with Gasteiger partial charge in [0.05, 0.1) is 27.9 Å². The molecule has 2 saturated heterocycles. The molecule has 218 valence electrons. The second kappa shape index (κ2) is 10.6. The fraction of sp³-hybridized carbons (Fsp3) is 0.400. The second-order valence-electron chi connectivity index (χ2n) is 11.3. The molecule has 0 aliphatic carbocycles. The van der Waals surface area contributed by atoms with E-state index in [1.807, 2.05) is 31.0 Å². The number of hydrogen-bond donors (Lipinski definition) is 2. The number of aryl methyl sites for hydroxylation is 1. The van der Waals surface area contributed by atoms with Crippen LogP contribution in [-0.4, -0.2) is 81.1 Å². The summed E-state index contributed by atoms with van der Waals surface area (Å²) < 4.78 is 18.6. The molecule has 1 unspecified atom stereocenters. The van der Waals surface area contributed by atoms with Gasteiger partial charge in [-0.25, -0.2) is 9.18 Å². The molecule has 6 rings (SSSR count). The number of nitrogens with one attached hydrogen (secondary N) is 1. The number of rotatable bonds is 4. The van der Waals surface area contributed by atoms with Crippen molar-refractivity contribution in [3.8, 4) is 17.2 Å². The minimum Gasteiger partial charge on any atom is -0.465 e. The average molecular weight is 592 g/mol. The highest BCUT2D eigenvalue weighted by Crippen LogP contribution is 2.43. The van der Waals surface area contributed by atoms with Crippen molar-refractivity contribution in [1.29, 1.82) is 5.26 Å². The third-order valence-corrected chi connectivity index (χ3v) is 9.16. The van der Waals surface area contributed by atoms with E-state index in [0.29, 0.717) is 16.3 Å². The smallest absolute Gasteiger partial charge is 0.407 e. The highest BCUT2D eigenvalue weighted by atomic mass is 35.5. The Labute approximate surface area is 246 Å². The predicted molar refractivity (Wildman–Crippen MR) is 160 cm³/mol. The number of fused-ring (bicyclic) bond motifs is 2. The summed E-state index contributed by atoms with van der Waals surface area (Å²) in [6, 6.07) is 7.07. The van der Waals surface area contributed by atoms with E-state index < -0.39 is 23.5 Å². The average Bonchev–Trinajstić information content (AvgIpc) is 3.59. The number of pyridine rings is 1. The zero-order chi connectivity index (χ0) is 29.9. The van der Waals surface area contributed by atoms with Crippen LogP contribution >= 0.6 is 11.6 Å². The van der Waals surface area contributed by atoms with Gasteiger partial charge < -0.3 is 24.4 Å². The molecule has 4 aromatic rings. The molecule has 2 atom stereocenters. The third kappa shape index (κ3) is 4.37. The lowest BCUT2D eigenvalue weighted by molar-refractivity contribution is 0.123. The number of benzene rings is 2. The number of halogens is 2. The van der Waals surface area contributed by atoms with Crippen LogP contribution in [0.25, 0.3) is 32.9 Å². The maximum Gasteiger partial charge on any atom is 0.407 e. The van der Waals surface area contributed by atoms with Gasteiger partial charge in [-0.3, -0.25) is 9.89 Å². The fourth-order valence-electron chi connectivity index (χ4n) is 6.68. The number of anilines is 1. The van der Waals surface area contributed by atoms with E-state index in [1.165, 1.54) is 9.47 Å². The first kappa shape index (κ1) is 28.0. The molecule has 2 fully saturated rings. The largest absolute Gasteiger partial charge is 0.465 e. The summed E-state index contributed by atoms with van der Waals surface area (Å²) >= 11 is 6.91. The minimum atomic E-state index is -1.04. The van der Waals surface area contributed by atoms with Crippen LogP contribution in [0.5, 0.6) is 0 Å². The summed E-state index contributed by atoms with van der Waals surface area (Å²) in [6.07, 6.45) is 2.40. The molecular weight excluding hydrogens is 561 g/mol. The van der Waals surface area contributed by atoms with Crippen LogP contribution < -0.4 is 10.5 Å². The molecule has 1 amide bonds. The summed E-state index contributed by atoms with van der Waals surface area (Å²) in [5.41, 5.74) is 1.97. The Bertz CT molecular complexity index is 1850. The van der Waals surface area contributed by atoms with Crippen LogP contribution in [0.4, 0.5) is 14.9 Å². The van der Waals surface area contributed by atoms with Crippen molar-refractivity contribution in [1.82, 2.24) is 24.6 Å². The Morgan fingerprint density at radius 1 is 1.26 bits per heavy atom. The normalized spacial score (nSPS) is 19.6. The number of aromatic nitrogens is 3. The van der Waals surface area contributed by atoms with Gasteiger partial charge in [-0.15, -0.1) is 0 Å². The monoisotopic (exact) mass is 591 g/mol. The van der Waals surface area contributed by atoms with Crippen molar-refractivity contribution in [2.45, 2.75) is 45.3 Å². The van der Waals surface area contributed by atoms with Gasteiger partial charge in [-0.1, -0.05) is 17.7 Å². The molecule has 0 spiro atoms. The van der Waals surface area contributed by atoms with Crippen molar-refractivity contribution in [3.05, 3.63) is 56.7 Å². The van der Waals surface area contributed by atoms with Gasteiger partial charge in [0, 0.05) is 60.2 Å². The summed E-state index contributed by atoms with van der Waals surface area (Å²) in [6.45, 7) is 5.38. The van der Waals surface area contributed by atoms with Gasteiger partial charge >= 0.3 is 6.09 Å². The lowest BCUT2D eigenvalue weighted by atomic mass is 9.94. The zero-order valence-corrected chi connectivity index (χ0v) is 24.4. The van der Waals surface area contributed by atoms with Crippen LogP contribution in [0.3, 0.4) is 0 Å². The van der Waals surface area contributed by atoms with Crippen molar-refractivity contribution in [2.75, 3.05) is 38.1 Å². The standard InChI is InChI=1S/C30H31ClFN7O3/c1-16-6-7-23-21(13-34-35-23)24(16)25-22(31)11-19-27(37-9-10-38(30(41)42)17(2)14-37)20(12-33)29(40)39(28(19)26(25)32)15-18-5-4-8-36(18)3/h6-7,11,13,17-18H,4-5,8-10,14-15H2,1-3H3,(H,34,35)(H,41,42)/t17-,18?/m1/s1. The van der Waals surface area contributed by atoms with Crippen LogP contribution in [0.15, 0.2) is 29.2 Å². The molecule has 2 aromatic heterocycles. The first-order valence-electron chi connectivity index (χ1n) is 14.0. The van der Waals surface area contributed by atoms with E-state index in [1.54, 1.807) is 19.2 Å². The van der Waals surface area contributed by atoms with Gasteiger partial charge in [0.15, 0.2) is 5.82 Å². The van der Waals surface area contributed by atoms with Crippen molar-refractivity contribution in [2.24, 2.45) is 0 Å². The van der Waals surface area contributed by atoms with Crippen molar-refractivity contribution >= 4 is 45.2 Å². The first-order valence-corrected chi connectivity index (χ1v) is 14.4. The van der Waals surface area contributed by atoms with E-state index >= 15 is 4.39 Å². The molecule has 10 nitrogen and oxygen atoms in total. The number of H-pyrrole nitrogens is 1. The summed E-state index contributed by atoms with van der Waals surface area (Å²) in [5.74, 6) is -0.644. The molecule has 2 N–H and O–H groups in total. The molecule has 0 bridgehead atoms. The highest BCUT2D eigenvalue weighted by molar-refractivity contribution is 6.35. The number of carbonyl (C=O) groups is 1. The Morgan fingerprint density at radius 2 is 2.05 bits per heavy atom. The zero-order valence-electron chi connectivity index (χ0n) is 23.6. The first-order chi connectivity index (χ1) is 20.1. The predicted octanol–water partition coefficient (Wildman–Crippen LogP) is 4.80. The third-order valence-electron chi connectivity index (χ3n) is 8.86. The molecule has 0 radical (unpaired) electrons. The number of amides is 1. The topological polar surface area (TPSA) is 121 Å².